The molecule has 0 radical (unpaired) electrons. The summed E-state index contributed by atoms with van der Waals surface area (Å²) in [6, 6.07) is 12.5. The molecule has 0 bridgehead atoms. The molecule has 2 aromatic rings. The van der Waals surface area contributed by atoms with E-state index < -0.39 is 11.5 Å². The van der Waals surface area contributed by atoms with Crippen LogP contribution in [0.5, 0.6) is 0 Å². The molecule has 0 amide bonds. The van der Waals surface area contributed by atoms with Gasteiger partial charge in [0.2, 0.25) is 5.95 Å². The first-order valence-electron chi connectivity index (χ1n) is 5.70. The number of hydrogen-bond donors (Lipinski definition) is 2. The van der Waals surface area contributed by atoms with Gasteiger partial charge in [-0.15, -0.1) is 0 Å². The molecule has 3 nitrogen and oxygen atoms in total. The van der Waals surface area contributed by atoms with Crippen molar-refractivity contribution in [1.82, 2.24) is 4.98 Å². The van der Waals surface area contributed by atoms with E-state index in [0.29, 0.717) is 5.69 Å². The van der Waals surface area contributed by atoms with E-state index in [4.69, 9.17) is 0 Å². The van der Waals surface area contributed by atoms with Crippen LogP contribution in [0, 0.1) is 5.95 Å². The second kappa shape index (κ2) is 5.14. The van der Waals surface area contributed by atoms with E-state index in [0.717, 1.165) is 5.56 Å². The second-order valence-corrected chi connectivity index (χ2v) is 4.35. The van der Waals surface area contributed by atoms with Gasteiger partial charge in [-0.25, -0.2) is 4.98 Å². The molecule has 0 spiro atoms. The van der Waals surface area contributed by atoms with Gasteiger partial charge in [-0.2, -0.15) is 4.39 Å². The Morgan fingerprint density at radius 2 is 2.00 bits per heavy atom. The minimum atomic E-state index is -0.658. The highest BCUT2D eigenvalue weighted by atomic mass is 19.1. The van der Waals surface area contributed by atoms with Crippen molar-refractivity contribution in [3.05, 3.63) is 60.2 Å². The van der Waals surface area contributed by atoms with Crippen LogP contribution in [0.15, 0.2) is 48.7 Å². The van der Waals surface area contributed by atoms with Crippen molar-refractivity contribution in [3.8, 4) is 0 Å². The van der Waals surface area contributed by atoms with Crippen LogP contribution in [-0.2, 0) is 5.54 Å². The van der Waals surface area contributed by atoms with Crippen LogP contribution < -0.4 is 5.32 Å². The fourth-order valence-corrected chi connectivity index (χ4v) is 1.81. The number of aliphatic hydroxyl groups is 1. The summed E-state index contributed by atoms with van der Waals surface area (Å²) in [5, 5.41) is 12.7. The number of nitrogens with zero attached hydrogens (tertiary/aromatic N) is 1. The Hall–Kier alpha value is -1.94. The molecule has 4 heteroatoms. The van der Waals surface area contributed by atoms with Crippen LogP contribution in [0.1, 0.15) is 12.5 Å². The highest BCUT2D eigenvalue weighted by molar-refractivity contribution is 5.46. The summed E-state index contributed by atoms with van der Waals surface area (Å²) in [5.41, 5.74) is 0.863. The first kappa shape index (κ1) is 12.5. The van der Waals surface area contributed by atoms with E-state index in [1.165, 1.54) is 12.3 Å². The summed E-state index contributed by atoms with van der Waals surface area (Å²) >= 11 is 0. The monoisotopic (exact) mass is 246 g/mol. The number of hydrogen-bond acceptors (Lipinski definition) is 3. The summed E-state index contributed by atoms with van der Waals surface area (Å²) in [4.78, 5) is 3.50. The number of nitrogens with one attached hydrogen (secondary N) is 1. The molecule has 0 saturated carbocycles. The number of halogens is 1. The van der Waals surface area contributed by atoms with Gasteiger partial charge in [0.25, 0.3) is 0 Å². The van der Waals surface area contributed by atoms with E-state index in [9.17, 15) is 9.50 Å². The van der Waals surface area contributed by atoms with E-state index >= 15 is 0 Å². The van der Waals surface area contributed by atoms with Crippen molar-refractivity contribution >= 4 is 5.69 Å². The third kappa shape index (κ3) is 2.65. The third-order valence-electron chi connectivity index (χ3n) is 2.87. The first-order valence-corrected chi connectivity index (χ1v) is 5.70. The highest BCUT2D eigenvalue weighted by Crippen LogP contribution is 2.25. The van der Waals surface area contributed by atoms with Crippen LogP contribution in [0.2, 0.25) is 0 Å². The molecule has 0 aliphatic heterocycles. The van der Waals surface area contributed by atoms with E-state index in [1.54, 1.807) is 6.07 Å². The Bertz CT molecular complexity index is 518. The summed E-state index contributed by atoms with van der Waals surface area (Å²) < 4.78 is 13.0. The van der Waals surface area contributed by atoms with Gasteiger partial charge < -0.3 is 10.4 Å². The molecule has 1 unspecified atom stereocenters. The maximum Gasteiger partial charge on any atom is 0.214 e. The molecular formula is C14H15FN2O. The Morgan fingerprint density at radius 1 is 1.28 bits per heavy atom. The fraction of sp³-hybridized carbons (Fsp3) is 0.214. The molecule has 0 aliphatic carbocycles. The van der Waals surface area contributed by atoms with Gasteiger partial charge >= 0.3 is 0 Å². The van der Waals surface area contributed by atoms with Gasteiger partial charge in [-0.05, 0) is 18.6 Å². The van der Waals surface area contributed by atoms with Gasteiger partial charge in [0.1, 0.15) is 0 Å². The molecule has 2 N–H and O–H groups in total. The van der Waals surface area contributed by atoms with Crippen LogP contribution in [-0.4, -0.2) is 16.7 Å². The molecule has 1 aromatic carbocycles. The predicted octanol–water partition coefficient (Wildman–Crippen LogP) is 2.54. The first-order chi connectivity index (χ1) is 8.64. The van der Waals surface area contributed by atoms with Crippen molar-refractivity contribution < 1.29 is 9.50 Å². The predicted molar refractivity (Wildman–Crippen MR) is 68.7 cm³/mol. The standard InChI is InChI=1S/C14H15FN2O/c1-14(10-18,11-5-3-2-4-6-11)17-12-7-8-16-13(15)9-12/h2-9,18H,10H2,1H3,(H,16,17). The maximum atomic E-state index is 13.0. The highest BCUT2D eigenvalue weighted by Gasteiger charge is 2.25. The average Bonchev–Trinajstić information content (AvgIpc) is 2.39. The number of rotatable bonds is 4. The quantitative estimate of drug-likeness (QED) is 0.815. The lowest BCUT2D eigenvalue weighted by Gasteiger charge is -2.30. The third-order valence-corrected chi connectivity index (χ3v) is 2.87. The van der Waals surface area contributed by atoms with Crippen LogP contribution in [0.3, 0.4) is 0 Å². The molecule has 1 aromatic heterocycles. The van der Waals surface area contributed by atoms with Crippen LogP contribution >= 0.6 is 0 Å². The molecular weight excluding hydrogens is 231 g/mol. The zero-order valence-electron chi connectivity index (χ0n) is 10.1. The summed E-state index contributed by atoms with van der Waals surface area (Å²) in [6.45, 7) is 1.77. The van der Waals surface area contributed by atoms with Gasteiger partial charge in [0, 0.05) is 18.0 Å². The minimum absolute atomic E-state index is 0.0963. The molecule has 0 saturated heterocycles. The van der Waals surface area contributed by atoms with Crippen LogP contribution in [0.25, 0.3) is 0 Å². The van der Waals surface area contributed by atoms with Crippen molar-refractivity contribution in [2.75, 3.05) is 11.9 Å². The van der Waals surface area contributed by atoms with E-state index in [-0.39, 0.29) is 6.61 Å². The number of aromatic nitrogens is 1. The molecule has 1 atom stereocenters. The van der Waals surface area contributed by atoms with Crippen LogP contribution in [0.4, 0.5) is 10.1 Å². The van der Waals surface area contributed by atoms with Crippen molar-refractivity contribution in [1.29, 1.82) is 0 Å². The average molecular weight is 246 g/mol. The Morgan fingerprint density at radius 3 is 2.61 bits per heavy atom. The molecule has 2 rings (SSSR count). The number of anilines is 1. The normalized spacial score (nSPS) is 13.9. The van der Waals surface area contributed by atoms with Crippen molar-refractivity contribution in [2.24, 2.45) is 0 Å². The zero-order valence-corrected chi connectivity index (χ0v) is 10.1. The van der Waals surface area contributed by atoms with Crippen molar-refractivity contribution in [2.45, 2.75) is 12.5 Å². The largest absolute Gasteiger partial charge is 0.394 e. The smallest absolute Gasteiger partial charge is 0.214 e. The Balaban J connectivity index is 2.29. The molecule has 0 fully saturated rings. The maximum absolute atomic E-state index is 13.0. The SMILES string of the molecule is CC(CO)(Nc1ccnc(F)c1)c1ccccc1. The molecule has 0 aliphatic rings. The zero-order chi connectivity index (χ0) is 13.0. The molecule has 1 heterocycles. The van der Waals surface area contributed by atoms with Gasteiger partial charge in [-0.1, -0.05) is 30.3 Å². The van der Waals surface area contributed by atoms with Gasteiger partial charge in [-0.3, -0.25) is 0 Å². The van der Waals surface area contributed by atoms with E-state index in [1.807, 2.05) is 37.3 Å². The number of aliphatic hydroxyl groups excluding tert-OH is 1. The summed E-state index contributed by atoms with van der Waals surface area (Å²) in [7, 11) is 0. The number of benzene rings is 1. The lowest BCUT2D eigenvalue weighted by atomic mass is 9.92. The van der Waals surface area contributed by atoms with E-state index in [2.05, 4.69) is 10.3 Å². The topological polar surface area (TPSA) is 45.1 Å². The Labute approximate surface area is 105 Å². The fourth-order valence-electron chi connectivity index (χ4n) is 1.81. The minimum Gasteiger partial charge on any atom is -0.394 e. The lowest BCUT2D eigenvalue weighted by molar-refractivity contribution is 0.224. The second-order valence-electron chi connectivity index (χ2n) is 4.35. The Kier molecular flexibility index (Phi) is 3.58. The number of pyridine rings is 1. The summed E-state index contributed by atoms with van der Waals surface area (Å²) in [6.07, 6.45) is 1.39. The van der Waals surface area contributed by atoms with Crippen molar-refractivity contribution in [3.63, 3.8) is 0 Å². The van der Waals surface area contributed by atoms with Gasteiger partial charge in [0.05, 0.1) is 12.1 Å². The lowest BCUT2D eigenvalue weighted by Crippen LogP contribution is -2.35. The molecule has 18 heavy (non-hydrogen) atoms. The van der Waals surface area contributed by atoms with Gasteiger partial charge in [0.15, 0.2) is 0 Å². The summed E-state index contributed by atoms with van der Waals surface area (Å²) in [5.74, 6) is -0.548. The molecule has 94 valence electrons.